The van der Waals surface area contributed by atoms with Crippen LogP contribution in [-0.4, -0.2) is 30.0 Å². The summed E-state index contributed by atoms with van der Waals surface area (Å²) in [5.41, 5.74) is 3.96. The Hall–Kier alpha value is -3.30. The molecule has 4 atom stereocenters. The second-order valence-corrected chi connectivity index (χ2v) is 13.5. The maximum Gasteiger partial charge on any atom is 0.296 e. The van der Waals surface area contributed by atoms with Gasteiger partial charge in [-0.25, -0.2) is 0 Å². The molecule has 0 spiro atoms. The van der Waals surface area contributed by atoms with Crippen molar-refractivity contribution in [2.24, 2.45) is 11.8 Å². The second-order valence-electron chi connectivity index (χ2n) is 10.3. The zero-order valence-corrected chi connectivity index (χ0v) is 24.0. The third kappa shape index (κ3) is 6.05. The molecule has 1 aliphatic rings. The van der Waals surface area contributed by atoms with Crippen LogP contribution in [0.15, 0.2) is 119 Å². The first kappa shape index (κ1) is 28.2. The van der Waals surface area contributed by atoms with Crippen molar-refractivity contribution in [2.75, 3.05) is 13.2 Å². The Kier molecular flexibility index (Phi) is 8.24. The van der Waals surface area contributed by atoms with Gasteiger partial charge in [0.1, 0.15) is 0 Å². The molecule has 1 saturated carbocycles. The van der Waals surface area contributed by atoms with E-state index in [0.29, 0.717) is 0 Å². The van der Waals surface area contributed by atoms with Gasteiger partial charge in [0.2, 0.25) is 0 Å². The Balaban J connectivity index is 1.45. The molecule has 8 heteroatoms. The molecule has 0 bridgehead atoms. The van der Waals surface area contributed by atoms with Crippen molar-refractivity contribution in [1.29, 1.82) is 0 Å². The smallest absolute Gasteiger partial charge is 0.266 e. The van der Waals surface area contributed by atoms with E-state index in [1.807, 2.05) is 74.5 Å². The highest BCUT2D eigenvalue weighted by molar-refractivity contribution is 7.87. The van der Waals surface area contributed by atoms with E-state index in [9.17, 15) is 16.8 Å². The fraction of sp³-hybridized carbons (Fsp3) is 0.250. The number of hydrogen-bond acceptors (Lipinski definition) is 6. The lowest BCUT2D eigenvalue weighted by molar-refractivity contribution is 0.0137. The third-order valence-corrected chi connectivity index (χ3v) is 10.3. The third-order valence-electron chi connectivity index (χ3n) is 7.68. The molecule has 0 heterocycles. The van der Waals surface area contributed by atoms with Gasteiger partial charge in [0.15, 0.2) is 0 Å². The minimum atomic E-state index is -4.01. The van der Waals surface area contributed by atoms with Crippen LogP contribution in [0.5, 0.6) is 0 Å². The molecule has 1 aliphatic carbocycles. The quantitative estimate of drug-likeness (QED) is 0.208. The van der Waals surface area contributed by atoms with E-state index in [1.165, 1.54) is 24.3 Å². The standard InChI is InChI=1S/C32H32O6S2/c1-23-13-17-27(18-14-23)39(33,34)37-21-29-30(22-38-40(35,36)28-19-15-24(2)16-20-28)32(26-11-7-4-8-12-26)31(29)25-9-5-3-6-10-25/h3-20,29-32H,21-22H2,1-2H3/t29-,30-,31+,32+/m0/s1. The Bertz CT molecular complexity index is 1510. The molecule has 0 unspecified atom stereocenters. The molecule has 4 aromatic rings. The highest BCUT2D eigenvalue weighted by atomic mass is 32.2. The summed E-state index contributed by atoms with van der Waals surface area (Å²) < 4.78 is 63.5. The van der Waals surface area contributed by atoms with Crippen molar-refractivity contribution >= 4 is 20.2 Å². The Morgan fingerprint density at radius 3 is 1.15 bits per heavy atom. The topological polar surface area (TPSA) is 86.7 Å². The summed E-state index contributed by atoms with van der Waals surface area (Å²) in [7, 11) is -8.02. The van der Waals surface area contributed by atoms with Gasteiger partial charge in [0, 0.05) is 0 Å². The lowest BCUT2D eigenvalue weighted by atomic mass is 9.53. The predicted octanol–water partition coefficient (Wildman–Crippen LogP) is 6.23. The molecule has 0 N–H and O–H groups in total. The van der Waals surface area contributed by atoms with Gasteiger partial charge in [-0.15, -0.1) is 0 Å². The van der Waals surface area contributed by atoms with Crippen molar-refractivity contribution in [3.05, 3.63) is 131 Å². The first-order valence-electron chi connectivity index (χ1n) is 13.2. The lowest BCUT2D eigenvalue weighted by Crippen LogP contribution is -2.48. The number of benzene rings is 4. The maximum absolute atomic E-state index is 13.1. The van der Waals surface area contributed by atoms with Gasteiger partial charge in [-0.3, -0.25) is 8.37 Å². The highest BCUT2D eigenvalue weighted by Gasteiger charge is 2.52. The van der Waals surface area contributed by atoms with E-state index in [0.717, 1.165) is 22.3 Å². The summed E-state index contributed by atoms with van der Waals surface area (Å²) in [5, 5.41) is 0. The number of aryl methyl sites for hydroxylation is 2. The van der Waals surface area contributed by atoms with Gasteiger partial charge in [0.25, 0.3) is 20.2 Å². The molecule has 5 rings (SSSR count). The highest BCUT2D eigenvalue weighted by Crippen LogP contribution is 2.58. The van der Waals surface area contributed by atoms with Crippen LogP contribution in [-0.2, 0) is 28.6 Å². The van der Waals surface area contributed by atoms with Crippen molar-refractivity contribution < 1.29 is 25.2 Å². The van der Waals surface area contributed by atoms with Crippen molar-refractivity contribution in [2.45, 2.75) is 35.5 Å². The van der Waals surface area contributed by atoms with Crippen LogP contribution in [0.4, 0.5) is 0 Å². The normalized spacial score (nSPS) is 21.1. The van der Waals surface area contributed by atoms with E-state index < -0.39 is 20.2 Å². The second kappa shape index (κ2) is 11.7. The van der Waals surface area contributed by atoms with Crippen molar-refractivity contribution in [1.82, 2.24) is 0 Å². The van der Waals surface area contributed by atoms with E-state index in [1.54, 1.807) is 24.3 Å². The lowest BCUT2D eigenvalue weighted by Gasteiger charge is -2.52. The van der Waals surface area contributed by atoms with E-state index >= 15 is 0 Å². The minimum Gasteiger partial charge on any atom is -0.266 e. The molecule has 0 radical (unpaired) electrons. The molecule has 0 aromatic heterocycles. The Morgan fingerprint density at radius 1 is 0.500 bits per heavy atom. The summed E-state index contributed by atoms with van der Waals surface area (Å²) in [6.45, 7) is 3.57. The average Bonchev–Trinajstić information content (AvgIpc) is 2.94. The van der Waals surface area contributed by atoms with Crippen LogP contribution in [0, 0.1) is 25.7 Å². The summed E-state index contributed by atoms with van der Waals surface area (Å²) in [6.07, 6.45) is 0. The Labute approximate surface area is 236 Å². The Morgan fingerprint density at radius 2 is 0.825 bits per heavy atom. The van der Waals surface area contributed by atoms with Crippen LogP contribution < -0.4 is 0 Å². The molecule has 4 aromatic carbocycles. The van der Waals surface area contributed by atoms with E-state index in [4.69, 9.17) is 8.37 Å². The summed E-state index contributed by atoms with van der Waals surface area (Å²) in [5.74, 6) is -0.790. The fourth-order valence-electron chi connectivity index (χ4n) is 5.52. The van der Waals surface area contributed by atoms with Crippen LogP contribution in [0.25, 0.3) is 0 Å². The average molecular weight is 577 g/mol. The van der Waals surface area contributed by atoms with Gasteiger partial charge < -0.3 is 0 Å². The van der Waals surface area contributed by atoms with Crippen molar-refractivity contribution in [3.8, 4) is 0 Å². The SMILES string of the molecule is Cc1ccc(S(=O)(=O)OC[C@H]2[C@H](COS(=O)(=O)c3ccc(C)cc3)[C@@H](c3ccccc3)[C@@H]2c2ccccc2)cc1. The number of hydrogen-bond donors (Lipinski definition) is 0. The first-order chi connectivity index (χ1) is 19.2. The summed E-state index contributed by atoms with van der Waals surface area (Å²) in [6, 6.07) is 32.7. The molecular weight excluding hydrogens is 544 g/mol. The van der Waals surface area contributed by atoms with Gasteiger partial charge >= 0.3 is 0 Å². The number of rotatable bonds is 10. The molecule has 1 fully saturated rings. The molecule has 0 amide bonds. The fourth-order valence-corrected chi connectivity index (χ4v) is 7.40. The van der Waals surface area contributed by atoms with Crippen molar-refractivity contribution in [3.63, 3.8) is 0 Å². The molecule has 0 saturated heterocycles. The van der Waals surface area contributed by atoms with E-state index in [2.05, 4.69) is 0 Å². The summed E-state index contributed by atoms with van der Waals surface area (Å²) >= 11 is 0. The van der Waals surface area contributed by atoms with Gasteiger partial charge in [-0.2, -0.15) is 16.8 Å². The van der Waals surface area contributed by atoms with E-state index in [-0.39, 0.29) is 46.7 Å². The minimum absolute atomic E-state index is 0.0862. The van der Waals surface area contributed by atoms with Gasteiger partial charge in [-0.05, 0) is 72.9 Å². The molecular formula is C32H32O6S2. The molecule has 40 heavy (non-hydrogen) atoms. The zero-order valence-electron chi connectivity index (χ0n) is 22.4. The monoisotopic (exact) mass is 576 g/mol. The van der Waals surface area contributed by atoms with Crippen LogP contribution >= 0.6 is 0 Å². The molecule has 6 nitrogen and oxygen atoms in total. The van der Waals surface area contributed by atoms with Gasteiger partial charge in [-0.1, -0.05) is 96.1 Å². The first-order valence-corrected chi connectivity index (χ1v) is 16.0. The van der Waals surface area contributed by atoms with Crippen LogP contribution in [0.1, 0.15) is 34.1 Å². The zero-order chi connectivity index (χ0) is 28.3. The molecule has 208 valence electrons. The predicted molar refractivity (Wildman–Crippen MR) is 154 cm³/mol. The molecule has 0 aliphatic heterocycles. The summed E-state index contributed by atoms with van der Waals surface area (Å²) in [4.78, 5) is 0.172. The van der Waals surface area contributed by atoms with Crippen LogP contribution in [0.3, 0.4) is 0 Å². The maximum atomic E-state index is 13.1. The van der Waals surface area contributed by atoms with Crippen LogP contribution in [0.2, 0.25) is 0 Å². The largest absolute Gasteiger partial charge is 0.296 e. The van der Waals surface area contributed by atoms with Gasteiger partial charge in [0.05, 0.1) is 23.0 Å².